The summed E-state index contributed by atoms with van der Waals surface area (Å²) in [6.45, 7) is 3.20. The lowest BCUT2D eigenvalue weighted by atomic mass is 10.0. The summed E-state index contributed by atoms with van der Waals surface area (Å²) in [4.78, 5) is 23.5. The molecule has 0 fully saturated rings. The number of carbonyl (C=O) groups excluding carboxylic acids is 2. The third-order valence-electron chi connectivity index (χ3n) is 3.54. The van der Waals surface area contributed by atoms with Crippen molar-refractivity contribution in [2.75, 3.05) is 6.61 Å². The summed E-state index contributed by atoms with van der Waals surface area (Å²) < 4.78 is 15.9. The van der Waals surface area contributed by atoms with Crippen molar-refractivity contribution in [3.63, 3.8) is 0 Å². The zero-order chi connectivity index (χ0) is 16.4. The number of esters is 2. The van der Waals surface area contributed by atoms with Crippen LogP contribution in [0, 0.1) is 0 Å². The van der Waals surface area contributed by atoms with Crippen molar-refractivity contribution in [2.24, 2.45) is 0 Å². The number of ether oxygens (including phenoxy) is 2. The molecule has 23 heavy (non-hydrogen) atoms. The molecule has 1 aromatic heterocycles. The van der Waals surface area contributed by atoms with E-state index >= 15 is 0 Å². The van der Waals surface area contributed by atoms with Crippen LogP contribution in [0.4, 0.5) is 0 Å². The second kappa shape index (κ2) is 6.12. The number of fused-ring (bicyclic) bond motifs is 3. The Bertz CT molecular complexity index is 891. The standard InChI is InChI=1S/C18H16O5/c1-3-21-18(20)17-15(10-22-11(2)19)23-14-9-8-12-6-4-5-7-13(12)16(14)17/h4-9H,3,10H2,1-2H3. The van der Waals surface area contributed by atoms with Gasteiger partial charge in [-0.3, -0.25) is 4.79 Å². The Labute approximate surface area is 132 Å². The lowest BCUT2D eigenvalue weighted by Crippen LogP contribution is -2.08. The topological polar surface area (TPSA) is 65.7 Å². The van der Waals surface area contributed by atoms with Gasteiger partial charge in [0.15, 0.2) is 5.76 Å². The number of benzene rings is 2. The van der Waals surface area contributed by atoms with Crippen LogP contribution in [0.5, 0.6) is 0 Å². The van der Waals surface area contributed by atoms with Crippen molar-refractivity contribution < 1.29 is 23.5 Å². The summed E-state index contributed by atoms with van der Waals surface area (Å²) in [5, 5.41) is 2.57. The van der Waals surface area contributed by atoms with Gasteiger partial charge in [-0.1, -0.05) is 30.3 Å². The van der Waals surface area contributed by atoms with Gasteiger partial charge in [0.05, 0.1) is 6.61 Å². The van der Waals surface area contributed by atoms with E-state index in [2.05, 4.69) is 0 Å². The SMILES string of the molecule is CCOC(=O)c1c(COC(C)=O)oc2ccc3ccccc3c12. The highest BCUT2D eigenvalue weighted by Crippen LogP contribution is 2.33. The van der Waals surface area contributed by atoms with Crippen molar-refractivity contribution in [2.45, 2.75) is 20.5 Å². The van der Waals surface area contributed by atoms with Crippen molar-refractivity contribution in [1.82, 2.24) is 0 Å². The molecule has 1 heterocycles. The van der Waals surface area contributed by atoms with E-state index in [1.54, 1.807) is 13.0 Å². The summed E-state index contributed by atoms with van der Waals surface area (Å²) in [6, 6.07) is 11.4. The largest absolute Gasteiger partial charge is 0.462 e. The smallest absolute Gasteiger partial charge is 0.342 e. The minimum atomic E-state index is -0.482. The summed E-state index contributed by atoms with van der Waals surface area (Å²) in [7, 11) is 0. The number of hydrogen-bond acceptors (Lipinski definition) is 5. The molecule has 0 saturated carbocycles. The number of rotatable bonds is 4. The Kier molecular flexibility index (Phi) is 4.02. The van der Waals surface area contributed by atoms with E-state index < -0.39 is 11.9 Å². The van der Waals surface area contributed by atoms with Crippen molar-refractivity contribution in [1.29, 1.82) is 0 Å². The predicted octanol–water partition coefficient (Wildman–Crippen LogP) is 3.83. The summed E-state index contributed by atoms with van der Waals surface area (Å²) >= 11 is 0. The highest BCUT2D eigenvalue weighted by atomic mass is 16.5. The zero-order valence-corrected chi connectivity index (χ0v) is 12.9. The van der Waals surface area contributed by atoms with Crippen LogP contribution in [0.25, 0.3) is 21.7 Å². The molecule has 3 aromatic rings. The average molecular weight is 312 g/mol. The molecule has 3 rings (SSSR count). The first kappa shape index (κ1) is 15.1. The normalized spacial score (nSPS) is 10.9. The molecule has 0 amide bonds. The molecule has 2 aromatic carbocycles. The Balaban J connectivity index is 2.26. The van der Waals surface area contributed by atoms with Gasteiger partial charge in [0.2, 0.25) is 0 Å². The van der Waals surface area contributed by atoms with E-state index in [1.807, 2.05) is 30.3 Å². The average Bonchev–Trinajstić information content (AvgIpc) is 2.92. The summed E-state index contributed by atoms with van der Waals surface area (Å²) in [5.41, 5.74) is 0.883. The van der Waals surface area contributed by atoms with Crippen LogP contribution in [0.2, 0.25) is 0 Å². The van der Waals surface area contributed by atoms with Gasteiger partial charge in [0, 0.05) is 12.3 Å². The highest BCUT2D eigenvalue weighted by Gasteiger charge is 2.24. The molecule has 5 heteroatoms. The molecule has 0 saturated heterocycles. The van der Waals surface area contributed by atoms with Crippen LogP contribution in [-0.4, -0.2) is 18.5 Å². The highest BCUT2D eigenvalue weighted by molar-refractivity contribution is 6.16. The lowest BCUT2D eigenvalue weighted by molar-refractivity contribution is -0.142. The third-order valence-corrected chi connectivity index (χ3v) is 3.54. The predicted molar refractivity (Wildman–Crippen MR) is 85.1 cm³/mol. The zero-order valence-electron chi connectivity index (χ0n) is 12.9. The van der Waals surface area contributed by atoms with Crippen LogP contribution >= 0.6 is 0 Å². The van der Waals surface area contributed by atoms with E-state index in [-0.39, 0.29) is 13.2 Å². The van der Waals surface area contributed by atoms with Gasteiger partial charge in [0.25, 0.3) is 0 Å². The number of carbonyl (C=O) groups is 2. The van der Waals surface area contributed by atoms with E-state index in [4.69, 9.17) is 13.9 Å². The molecule has 0 aliphatic carbocycles. The molecule has 0 aliphatic rings. The van der Waals surface area contributed by atoms with E-state index in [1.165, 1.54) is 6.92 Å². The van der Waals surface area contributed by atoms with Crippen molar-refractivity contribution in [3.05, 3.63) is 47.7 Å². The Morgan fingerprint density at radius 3 is 2.61 bits per heavy atom. The van der Waals surface area contributed by atoms with Gasteiger partial charge in [-0.2, -0.15) is 0 Å². The lowest BCUT2D eigenvalue weighted by Gasteiger charge is -2.04. The number of furan rings is 1. The molecule has 0 unspecified atom stereocenters. The van der Waals surface area contributed by atoms with Crippen LogP contribution in [0.15, 0.2) is 40.8 Å². The van der Waals surface area contributed by atoms with Crippen LogP contribution in [0.3, 0.4) is 0 Å². The fourth-order valence-electron chi connectivity index (χ4n) is 2.61. The molecule has 0 atom stereocenters. The summed E-state index contributed by atoms with van der Waals surface area (Å²) in [5.74, 6) is -0.625. The first-order valence-corrected chi connectivity index (χ1v) is 7.35. The maximum Gasteiger partial charge on any atom is 0.342 e. The fourth-order valence-corrected chi connectivity index (χ4v) is 2.61. The molecule has 0 aliphatic heterocycles. The molecule has 0 radical (unpaired) electrons. The molecule has 0 spiro atoms. The second-order valence-corrected chi connectivity index (χ2v) is 5.06. The van der Waals surface area contributed by atoms with Gasteiger partial charge in [-0.05, 0) is 23.8 Å². The molecule has 0 N–H and O–H groups in total. The maximum atomic E-state index is 12.4. The Hall–Kier alpha value is -2.82. The minimum absolute atomic E-state index is 0.105. The Morgan fingerprint density at radius 2 is 1.87 bits per heavy atom. The van der Waals surface area contributed by atoms with Gasteiger partial charge in [-0.15, -0.1) is 0 Å². The summed E-state index contributed by atoms with van der Waals surface area (Å²) in [6.07, 6.45) is 0. The van der Waals surface area contributed by atoms with Gasteiger partial charge in [0.1, 0.15) is 17.8 Å². The van der Waals surface area contributed by atoms with Crippen molar-refractivity contribution >= 4 is 33.7 Å². The first-order chi connectivity index (χ1) is 11.1. The molecule has 118 valence electrons. The molecular formula is C18H16O5. The maximum absolute atomic E-state index is 12.4. The third kappa shape index (κ3) is 2.77. The van der Waals surface area contributed by atoms with Crippen molar-refractivity contribution in [3.8, 4) is 0 Å². The van der Waals surface area contributed by atoms with Gasteiger partial charge in [-0.25, -0.2) is 4.79 Å². The second-order valence-electron chi connectivity index (χ2n) is 5.06. The van der Waals surface area contributed by atoms with Gasteiger partial charge >= 0.3 is 11.9 Å². The van der Waals surface area contributed by atoms with E-state index in [0.29, 0.717) is 22.3 Å². The first-order valence-electron chi connectivity index (χ1n) is 7.35. The Morgan fingerprint density at radius 1 is 1.09 bits per heavy atom. The van der Waals surface area contributed by atoms with Crippen LogP contribution < -0.4 is 0 Å². The molecular weight excluding hydrogens is 296 g/mol. The van der Waals surface area contributed by atoms with Crippen LogP contribution in [0.1, 0.15) is 30.0 Å². The monoisotopic (exact) mass is 312 g/mol. The van der Waals surface area contributed by atoms with E-state index in [9.17, 15) is 9.59 Å². The quantitative estimate of drug-likeness (QED) is 0.685. The van der Waals surface area contributed by atoms with E-state index in [0.717, 1.165) is 10.8 Å². The van der Waals surface area contributed by atoms with Gasteiger partial charge < -0.3 is 13.9 Å². The number of hydrogen-bond donors (Lipinski definition) is 0. The fraction of sp³-hybridized carbons (Fsp3) is 0.222. The molecule has 0 bridgehead atoms. The minimum Gasteiger partial charge on any atom is -0.462 e. The van der Waals surface area contributed by atoms with Crippen LogP contribution in [-0.2, 0) is 20.9 Å². The molecule has 5 nitrogen and oxygen atoms in total.